The average molecular weight is 498 g/mol. The quantitative estimate of drug-likeness (QED) is 0.214. The molecule has 0 atom stereocenters. The van der Waals surface area contributed by atoms with E-state index in [1.54, 1.807) is 17.0 Å². The smallest absolute Gasteiger partial charge is 0.410 e. The monoisotopic (exact) mass is 497 g/mol. The number of rotatable bonds is 12. The molecule has 0 aliphatic rings. The van der Waals surface area contributed by atoms with E-state index in [1.807, 2.05) is 38.6 Å². The van der Waals surface area contributed by atoms with Crippen LogP contribution in [0.2, 0.25) is 0 Å². The van der Waals surface area contributed by atoms with E-state index in [4.69, 9.17) is 4.74 Å². The summed E-state index contributed by atoms with van der Waals surface area (Å²) in [6, 6.07) is 6.53. The second-order valence-corrected chi connectivity index (χ2v) is 9.62. The van der Waals surface area contributed by atoms with E-state index in [0.717, 1.165) is 30.3 Å². The molecular weight excluding hydrogens is 462 g/mol. The summed E-state index contributed by atoms with van der Waals surface area (Å²) in [6.45, 7) is 10.3. The highest BCUT2D eigenvalue weighted by Gasteiger charge is 2.21. The first-order valence-electron chi connectivity index (χ1n) is 12.3. The van der Waals surface area contributed by atoms with E-state index in [-0.39, 0.29) is 11.8 Å². The van der Waals surface area contributed by atoms with Gasteiger partial charge < -0.3 is 15.0 Å². The molecule has 1 aromatic carbocycles. The fourth-order valence-corrected chi connectivity index (χ4v) is 3.70. The lowest BCUT2D eigenvalue weighted by atomic mass is 10.1. The van der Waals surface area contributed by atoms with Crippen molar-refractivity contribution in [3.05, 3.63) is 52.5 Å². The van der Waals surface area contributed by atoms with Gasteiger partial charge in [0.15, 0.2) is 11.3 Å². The lowest BCUT2D eigenvalue weighted by molar-refractivity contribution is -0.384. The maximum absolute atomic E-state index is 12.4. The Hall–Kier alpha value is -3.76. The number of unbranched alkanes of at least 4 members (excludes halogenated alkanes) is 1. The number of aromatic nitrogens is 4. The Morgan fingerprint density at radius 1 is 1.17 bits per heavy atom. The molecule has 0 unspecified atom stereocenters. The number of amides is 1. The lowest BCUT2D eigenvalue weighted by Gasteiger charge is -2.27. The van der Waals surface area contributed by atoms with Crippen molar-refractivity contribution in [1.82, 2.24) is 24.6 Å². The summed E-state index contributed by atoms with van der Waals surface area (Å²) in [5, 5.41) is 18.7. The number of hydrogen-bond acceptors (Lipinski definition) is 8. The number of benzene rings is 1. The van der Waals surface area contributed by atoms with E-state index in [1.165, 1.54) is 18.5 Å². The van der Waals surface area contributed by atoms with Gasteiger partial charge in [0.25, 0.3) is 5.69 Å². The van der Waals surface area contributed by atoms with E-state index >= 15 is 0 Å². The fourth-order valence-electron chi connectivity index (χ4n) is 3.70. The molecule has 11 nitrogen and oxygen atoms in total. The highest BCUT2D eigenvalue weighted by atomic mass is 16.6. The summed E-state index contributed by atoms with van der Waals surface area (Å²) in [5.74, 6) is 0.653. The minimum atomic E-state index is -0.507. The largest absolute Gasteiger partial charge is 0.444 e. The van der Waals surface area contributed by atoms with E-state index < -0.39 is 10.5 Å². The van der Waals surface area contributed by atoms with Crippen molar-refractivity contribution in [1.29, 1.82) is 0 Å². The molecule has 1 N–H and O–H groups in total. The number of carbonyl (C=O) groups is 1. The molecule has 3 rings (SSSR count). The molecule has 2 heterocycles. The minimum absolute atomic E-state index is 0.0812. The van der Waals surface area contributed by atoms with Crippen molar-refractivity contribution in [2.75, 3.05) is 25.0 Å². The topological polar surface area (TPSA) is 128 Å². The molecular formula is C25H35N7O4. The molecule has 0 fully saturated rings. The van der Waals surface area contributed by atoms with Gasteiger partial charge in [0.05, 0.1) is 11.1 Å². The molecule has 11 heteroatoms. The van der Waals surface area contributed by atoms with Crippen molar-refractivity contribution < 1.29 is 14.5 Å². The second-order valence-electron chi connectivity index (χ2n) is 9.62. The predicted molar refractivity (Wildman–Crippen MR) is 138 cm³/mol. The third kappa shape index (κ3) is 7.89. The Kier molecular flexibility index (Phi) is 9.15. The van der Waals surface area contributed by atoms with Gasteiger partial charge in [-0.2, -0.15) is 5.10 Å². The number of aryl methyl sites for hydroxylation is 1. The number of nitrogens with zero attached hydrogens (tertiary/aromatic N) is 6. The van der Waals surface area contributed by atoms with Crippen LogP contribution >= 0.6 is 0 Å². The highest BCUT2D eigenvalue weighted by molar-refractivity contribution is 5.84. The molecule has 0 spiro atoms. The molecule has 0 saturated carbocycles. The minimum Gasteiger partial charge on any atom is -0.444 e. The van der Waals surface area contributed by atoms with Crippen LogP contribution in [0, 0.1) is 10.1 Å². The summed E-state index contributed by atoms with van der Waals surface area (Å²) in [4.78, 5) is 33.2. The van der Waals surface area contributed by atoms with Gasteiger partial charge in [0, 0.05) is 38.3 Å². The number of nitro benzene ring substituents is 1. The van der Waals surface area contributed by atoms with Crippen LogP contribution in [0.15, 0.2) is 36.8 Å². The number of carbonyl (C=O) groups excluding carboxylic acids is 1. The second kappa shape index (κ2) is 12.3. The summed E-state index contributed by atoms with van der Waals surface area (Å²) in [5.41, 5.74) is 2.02. The third-order valence-electron chi connectivity index (χ3n) is 5.41. The molecule has 0 aliphatic heterocycles. The number of anilines is 1. The van der Waals surface area contributed by atoms with Gasteiger partial charge in [-0.25, -0.2) is 14.8 Å². The number of fused-ring (bicyclic) bond motifs is 1. The summed E-state index contributed by atoms with van der Waals surface area (Å²) in [7, 11) is 0. The van der Waals surface area contributed by atoms with Crippen molar-refractivity contribution in [3.8, 4) is 0 Å². The van der Waals surface area contributed by atoms with Crippen molar-refractivity contribution in [2.24, 2.45) is 0 Å². The summed E-state index contributed by atoms with van der Waals surface area (Å²) in [6.07, 6.45) is 6.39. The standard InChI is InChI=1S/C25H35N7O4/c1-5-14-30(24(33)36-25(2,3)4)15-6-7-16-31-17-21-22(29-31)23(28-18-27-21)26-13-12-19-8-10-20(11-9-19)32(34)35/h8-11,17-18H,5-7,12-16H2,1-4H3,(H,26,27,28). The van der Waals surface area contributed by atoms with Crippen molar-refractivity contribution in [3.63, 3.8) is 0 Å². The highest BCUT2D eigenvalue weighted by Crippen LogP contribution is 2.18. The first kappa shape index (κ1) is 26.8. The van der Waals surface area contributed by atoms with Gasteiger partial charge >= 0.3 is 6.09 Å². The first-order chi connectivity index (χ1) is 17.2. The summed E-state index contributed by atoms with van der Waals surface area (Å²) < 4.78 is 7.38. The van der Waals surface area contributed by atoms with Gasteiger partial charge in [-0.15, -0.1) is 0 Å². The van der Waals surface area contributed by atoms with Gasteiger partial charge in [0.1, 0.15) is 17.4 Å². The average Bonchev–Trinajstić information content (AvgIpc) is 3.24. The molecule has 1 amide bonds. The molecule has 0 bridgehead atoms. The van der Waals surface area contributed by atoms with Crippen LogP contribution in [0.25, 0.3) is 11.0 Å². The molecule has 0 aliphatic carbocycles. The van der Waals surface area contributed by atoms with Crippen LogP contribution in [0.3, 0.4) is 0 Å². The fraction of sp³-hybridized carbons (Fsp3) is 0.520. The Balaban J connectivity index is 1.51. The first-order valence-corrected chi connectivity index (χ1v) is 12.3. The Bertz CT molecular complexity index is 1160. The number of nitro groups is 1. The van der Waals surface area contributed by atoms with Crippen molar-refractivity contribution in [2.45, 2.75) is 65.5 Å². The normalized spacial score (nSPS) is 11.4. The zero-order valence-electron chi connectivity index (χ0n) is 21.4. The van der Waals surface area contributed by atoms with Gasteiger partial charge in [-0.05, 0) is 52.0 Å². The number of ether oxygens (including phenoxy) is 1. The predicted octanol–water partition coefficient (Wildman–Crippen LogP) is 4.82. The Morgan fingerprint density at radius 2 is 1.92 bits per heavy atom. The molecule has 194 valence electrons. The van der Waals surface area contributed by atoms with Crippen LogP contribution in [-0.4, -0.2) is 60.9 Å². The Morgan fingerprint density at radius 3 is 2.58 bits per heavy atom. The van der Waals surface area contributed by atoms with Crippen LogP contribution in [0.4, 0.5) is 16.3 Å². The van der Waals surface area contributed by atoms with Crippen molar-refractivity contribution >= 4 is 28.6 Å². The third-order valence-corrected chi connectivity index (χ3v) is 5.41. The van der Waals surface area contributed by atoms with Gasteiger partial charge in [-0.1, -0.05) is 19.1 Å². The number of nitrogens with one attached hydrogen (secondary N) is 1. The molecule has 0 radical (unpaired) electrons. The van der Waals surface area contributed by atoms with E-state index in [2.05, 4.69) is 20.4 Å². The van der Waals surface area contributed by atoms with Gasteiger partial charge in [-0.3, -0.25) is 14.8 Å². The maximum atomic E-state index is 12.4. The van der Waals surface area contributed by atoms with E-state index in [9.17, 15) is 14.9 Å². The van der Waals surface area contributed by atoms with Gasteiger partial charge in [0.2, 0.25) is 0 Å². The van der Waals surface area contributed by atoms with E-state index in [0.29, 0.717) is 43.9 Å². The SMILES string of the molecule is CCCN(CCCCn1cc2ncnc(NCCc3ccc([N+](=O)[O-])cc3)c2n1)C(=O)OC(C)(C)C. The molecule has 36 heavy (non-hydrogen) atoms. The Labute approximate surface area is 211 Å². The number of non-ortho nitro benzene ring substituents is 1. The van der Waals surface area contributed by atoms with Crippen LogP contribution < -0.4 is 5.32 Å². The summed E-state index contributed by atoms with van der Waals surface area (Å²) >= 11 is 0. The number of hydrogen-bond donors (Lipinski definition) is 1. The van der Waals surface area contributed by atoms with Crippen LogP contribution in [0.5, 0.6) is 0 Å². The van der Waals surface area contributed by atoms with Crippen LogP contribution in [0.1, 0.15) is 52.5 Å². The van der Waals surface area contributed by atoms with Crippen LogP contribution in [-0.2, 0) is 17.7 Å². The molecule has 0 saturated heterocycles. The molecule has 3 aromatic rings. The lowest BCUT2D eigenvalue weighted by Crippen LogP contribution is -2.38. The zero-order valence-corrected chi connectivity index (χ0v) is 21.4. The zero-order chi connectivity index (χ0) is 26.1. The maximum Gasteiger partial charge on any atom is 0.410 e. The molecule has 2 aromatic heterocycles.